The molecule has 2 heterocycles. The average molecular weight is 307 g/mol. The van der Waals surface area contributed by atoms with Gasteiger partial charge in [-0.05, 0) is 52.9 Å². The van der Waals surface area contributed by atoms with E-state index in [2.05, 4.69) is 32.7 Å². The maximum absolute atomic E-state index is 6.14. The summed E-state index contributed by atoms with van der Waals surface area (Å²) in [6, 6.07) is 2.01. The number of rotatable bonds is 4. The first-order valence-electron chi connectivity index (χ1n) is 7.38. The van der Waals surface area contributed by atoms with Crippen molar-refractivity contribution in [3.63, 3.8) is 0 Å². The lowest BCUT2D eigenvalue weighted by Crippen LogP contribution is -2.41. The predicted octanol–water partition coefficient (Wildman–Crippen LogP) is 2.64. The number of hydrogen-bond acceptors (Lipinski definition) is 5. The van der Waals surface area contributed by atoms with Crippen LogP contribution in [-0.4, -0.2) is 35.7 Å². The van der Waals surface area contributed by atoms with Crippen LogP contribution in [0, 0.1) is 0 Å². The number of aromatic nitrogens is 1. The van der Waals surface area contributed by atoms with Gasteiger partial charge in [0, 0.05) is 5.46 Å². The Hall–Kier alpha value is -0.715. The topological polar surface area (TPSA) is 40.6 Å². The van der Waals surface area contributed by atoms with Crippen molar-refractivity contribution in [2.45, 2.75) is 62.9 Å². The van der Waals surface area contributed by atoms with Crippen molar-refractivity contribution in [3.05, 3.63) is 12.3 Å². The van der Waals surface area contributed by atoms with Crippen molar-refractivity contribution in [2.75, 3.05) is 6.26 Å². The van der Waals surface area contributed by atoms with Crippen LogP contribution in [0.15, 0.2) is 17.3 Å². The summed E-state index contributed by atoms with van der Waals surface area (Å²) in [6.45, 7) is 8.24. The highest BCUT2D eigenvalue weighted by Crippen LogP contribution is 2.37. The lowest BCUT2D eigenvalue weighted by atomic mass is 9.80. The van der Waals surface area contributed by atoms with Gasteiger partial charge in [0.2, 0.25) is 0 Å². The Kier molecular flexibility index (Phi) is 3.75. The van der Waals surface area contributed by atoms with Crippen LogP contribution in [0.5, 0.6) is 5.75 Å². The summed E-state index contributed by atoms with van der Waals surface area (Å²) in [5, 5.41) is 0.927. The van der Waals surface area contributed by atoms with Crippen molar-refractivity contribution in [1.82, 2.24) is 4.98 Å². The van der Waals surface area contributed by atoms with Gasteiger partial charge in [-0.3, -0.25) is 0 Å². The van der Waals surface area contributed by atoms with Crippen molar-refractivity contribution in [2.24, 2.45) is 0 Å². The average Bonchev–Trinajstić information content (AvgIpc) is 3.17. The molecule has 2 fully saturated rings. The number of nitrogens with zero attached hydrogens (tertiary/aromatic N) is 1. The molecule has 0 N–H and O–H groups in total. The Morgan fingerprint density at radius 3 is 2.38 bits per heavy atom. The third-order valence-corrected chi connectivity index (χ3v) is 5.11. The van der Waals surface area contributed by atoms with Crippen LogP contribution in [0.25, 0.3) is 0 Å². The van der Waals surface area contributed by atoms with Crippen LogP contribution >= 0.6 is 11.8 Å². The molecule has 1 saturated heterocycles. The molecule has 1 aromatic heterocycles. The van der Waals surface area contributed by atoms with Crippen LogP contribution in [0.4, 0.5) is 0 Å². The molecule has 0 radical (unpaired) electrons. The molecule has 0 amide bonds. The molecule has 0 aromatic carbocycles. The van der Waals surface area contributed by atoms with Gasteiger partial charge in [0.05, 0.1) is 28.5 Å². The first kappa shape index (κ1) is 15.2. The summed E-state index contributed by atoms with van der Waals surface area (Å²) in [5.74, 6) is 0.806. The zero-order chi connectivity index (χ0) is 15.3. The normalized spacial score (nSPS) is 23.4. The minimum atomic E-state index is -0.396. The molecule has 0 atom stereocenters. The fourth-order valence-corrected chi connectivity index (χ4v) is 2.75. The second kappa shape index (κ2) is 5.18. The molecule has 1 saturated carbocycles. The van der Waals surface area contributed by atoms with Crippen molar-refractivity contribution in [1.29, 1.82) is 0 Å². The van der Waals surface area contributed by atoms with E-state index >= 15 is 0 Å². The minimum absolute atomic E-state index is 0.347. The van der Waals surface area contributed by atoms with Crippen LogP contribution in [0.3, 0.4) is 0 Å². The van der Waals surface area contributed by atoms with Crippen LogP contribution < -0.4 is 10.2 Å². The first-order chi connectivity index (χ1) is 9.82. The van der Waals surface area contributed by atoms with E-state index < -0.39 is 7.12 Å². The van der Waals surface area contributed by atoms with Gasteiger partial charge in [0.1, 0.15) is 5.75 Å². The number of hydrogen-bond donors (Lipinski definition) is 0. The summed E-state index contributed by atoms with van der Waals surface area (Å²) in [6.07, 6.45) is 6.43. The highest BCUT2D eigenvalue weighted by Gasteiger charge is 2.52. The third-order valence-electron chi connectivity index (χ3n) is 4.38. The lowest BCUT2D eigenvalue weighted by Gasteiger charge is -2.32. The maximum Gasteiger partial charge on any atom is 0.497 e. The van der Waals surface area contributed by atoms with E-state index in [9.17, 15) is 0 Å². The van der Waals surface area contributed by atoms with Gasteiger partial charge >= 0.3 is 7.12 Å². The first-order valence-corrected chi connectivity index (χ1v) is 8.61. The molecule has 21 heavy (non-hydrogen) atoms. The summed E-state index contributed by atoms with van der Waals surface area (Å²) < 4.78 is 18.1. The largest absolute Gasteiger partial charge is 0.497 e. The number of thioether (sulfide) groups is 1. The van der Waals surface area contributed by atoms with Crippen molar-refractivity contribution >= 4 is 24.3 Å². The van der Waals surface area contributed by atoms with E-state index in [1.165, 1.54) is 0 Å². The highest BCUT2D eigenvalue weighted by molar-refractivity contribution is 7.98. The lowest BCUT2D eigenvalue weighted by molar-refractivity contribution is 0.00578. The second-order valence-corrected chi connectivity index (χ2v) is 7.47. The van der Waals surface area contributed by atoms with E-state index in [1.807, 2.05) is 12.3 Å². The maximum atomic E-state index is 6.14. The molecule has 1 aliphatic carbocycles. The van der Waals surface area contributed by atoms with E-state index in [-0.39, 0.29) is 11.2 Å². The zero-order valence-electron chi connectivity index (χ0n) is 13.3. The van der Waals surface area contributed by atoms with Gasteiger partial charge in [-0.25, -0.2) is 4.98 Å². The van der Waals surface area contributed by atoms with Crippen LogP contribution in [0.2, 0.25) is 0 Å². The fourth-order valence-electron chi connectivity index (χ4n) is 2.20. The Morgan fingerprint density at radius 2 is 1.86 bits per heavy atom. The van der Waals surface area contributed by atoms with Crippen molar-refractivity contribution in [3.8, 4) is 5.75 Å². The predicted molar refractivity (Wildman–Crippen MR) is 85.4 cm³/mol. The smallest absolute Gasteiger partial charge is 0.489 e. The molecular formula is C15H22BNO3S. The Morgan fingerprint density at radius 1 is 1.24 bits per heavy atom. The second-order valence-electron chi connectivity index (χ2n) is 6.67. The fraction of sp³-hybridized carbons (Fsp3) is 0.667. The monoisotopic (exact) mass is 307 g/mol. The summed E-state index contributed by atoms with van der Waals surface area (Å²) in [4.78, 5) is 4.50. The quantitative estimate of drug-likeness (QED) is 0.632. The van der Waals surface area contributed by atoms with Gasteiger partial charge < -0.3 is 14.0 Å². The molecule has 4 nitrogen and oxygen atoms in total. The van der Waals surface area contributed by atoms with Gasteiger partial charge in [-0.2, -0.15) is 0 Å². The standard InChI is InChI=1S/C15H22BNO3S/c1-14(2)15(3,4)20-16(19-14)12-8-11(18-10-6-7-10)9-17-13(12)21-5/h8-10H,6-7H2,1-5H3. The molecule has 2 aliphatic rings. The molecule has 0 bridgehead atoms. The molecule has 114 valence electrons. The molecular weight excluding hydrogens is 285 g/mol. The minimum Gasteiger partial charge on any atom is -0.489 e. The van der Waals surface area contributed by atoms with E-state index in [1.54, 1.807) is 18.0 Å². The summed E-state index contributed by atoms with van der Waals surface area (Å²) in [7, 11) is -0.396. The molecule has 6 heteroatoms. The van der Waals surface area contributed by atoms with E-state index in [0.717, 1.165) is 29.1 Å². The molecule has 1 aliphatic heterocycles. The number of pyridine rings is 1. The molecule has 1 aromatic rings. The Labute approximate surface area is 131 Å². The summed E-state index contributed by atoms with van der Waals surface area (Å²) in [5.41, 5.74) is 0.265. The Bertz CT molecular complexity index is 530. The van der Waals surface area contributed by atoms with Gasteiger partial charge in [-0.1, -0.05) is 0 Å². The van der Waals surface area contributed by atoms with Crippen molar-refractivity contribution < 1.29 is 14.0 Å². The van der Waals surface area contributed by atoms with E-state index in [0.29, 0.717) is 6.10 Å². The van der Waals surface area contributed by atoms with E-state index in [4.69, 9.17) is 14.0 Å². The van der Waals surface area contributed by atoms with Gasteiger partial charge in [0.25, 0.3) is 0 Å². The van der Waals surface area contributed by atoms with Gasteiger partial charge in [0.15, 0.2) is 0 Å². The van der Waals surface area contributed by atoms with Gasteiger partial charge in [-0.15, -0.1) is 11.8 Å². The molecule has 0 unspecified atom stereocenters. The highest BCUT2D eigenvalue weighted by atomic mass is 32.2. The van der Waals surface area contributed by atoms with Crippen LogP contribution in [-0.2, 0) is 9.31 Å². The van der Waals surface area contributed by atoms with Crippen LogP contribution in [0.1, 0.15) is 40.5 Å². The molecule has 3 rings (SSSR count). The number of ether oxygens (including phenoxy) is 1. The third kappa shape index (κ3) is 2.94. The summed E-state index contributed by atoms with van der Waals surface area (Å²) >= 11 is 1.60. The SMILES string of the molecule is CSc1ncc(OC2CC2)cc1B1OC(C)(C)C(C)(C)O1. The molecule has 0 spiro atoms. The zero-order valence-corrected chi connectivity index (χ0v) is 14.1. The Balaban J connectivity index is 1.89.